The predicted octanol–water partition coefficient (Wildman–Crippen LogP) is 6.76. The van der Waals surface area contributed by atoms with Gasteiger partial charge in [0.15, 0.2) is 0 Å². The van der Waals surface area contributed by atoms with Gasteiger partial charge in [-0.1, -0.05) is 52.2 Å². The van der Waals surface area contributed by atoms with Crippen LogP contribution in [0.15, 0.2) is 30.0 Å². The van der Waals surface area contributed by atoms with Gasteiger partial charge in [-0.3, -0.25) is 0 Å². The van der Waals surface area contributed by atoms with Crippen LogP contribution in [0.25, 0.3) is 0 Å². The topological polar surface area (TPSA) is 9.23 Å². The minimum atomic E-state index is 0.498. The van der Waals surface area contributed by atoms with Gasteiger partial charge in [-0.2, -0.15) is 0 Å². The lowest BCUT2D eigenvalue weighted by molar-refractivity contribution is 0.448. The lowest BCUT2D eigenvalue weighted by atomic mass is 9.96. The zero-order valence-electron chi connectivity index (χ0n) is 14.8. The summed E-state index contributed by atoms with van der Waals surface area (Å²) in [6.45, 7) is 8.87. The van der Waals surface area contributed by atoms with Gasteiger partial charge < -0.3 is 4.74 Å². The van der Waals surface area contributed by atoms with Crippen molar-refractivity contribution in [2.45, 2.75) is 78.6 Å². The van der Waals surface area contributed by atoms with E-state index in [0.717, 1.165) is 11.7 Å². The monoisotopic (exact) mass is 300 g/mol. The zero-order chi connectivity index (χ0) is 15.9. The first-order valence-corrected chi connectivity index (χ1v) is 9.08. The van der Waals surface area contributed by atoms with Crippen LogP contribution in [-0.2, 0) is 0 Å². The third-order valence-corrected chi connectivity index (χ3v) is 4.83. The Labute approximate surface area is 136 Å². The first-order chi connectivity index (χ1) is 10.6. The summed E-state index contributed by atoms with van der Waals surface area (Å²) in [4.78, 5) is 0. The van der Waals surface area contributed by atoms with Crippen molar-refractivity contribution >= 4 is 0 Å². The summed E-state index contributed by atoms with van der Waals surface area (Å²) in [6, 6.07) is 6.56. The smallest absolute Gasteiger partial charge is 0.130 e. The minimum Gasteiger partial charge on any atom is -0.465 e. The van der Waals surface area contributed by atoms with Crippen molar-refractivity contribution in [2.75, 3.05) is 0 Å². The molecule has 122 valence electrons. The zero-order valence-corrected chi connectivity index (χ0v) is 14.8. The normalized spacial score (nSPS) is 20.0. The molecule has 0 amide bonds. The van der Waals surface area contributed by atoms with Gasteiger partial charge in [0, 0.05) is 0 Å². The highest BCUT2D eigenvalue weighted by molar-refractivity contribution is 5.39. The number of benzene rings is 1. The average Bonchev–Trinajstić information content (AvgIpc) is 2.92. The molecule has 0 radical (unpaired) electrons. The summed E-state index contributed by atoms with van der Waals surface area (Å²) in [5, 5.41) is 0. The Bertz CT molecular complexity index is 499. The van der Waals surface area contributed by atoms with Crippen molar-refractivity contribution in [3.8, 4) is 5.75 Å². The number of unbranched alkanes of at least 4 members (excludes halogenated alkanes) is 2. The van der Waals surface area contributed by atoms with Crippen LogP contribution >= 0.6 is 0 Å². The van der Waals surface area contributed by atoms with E-state index in [4.69, 9.17) is 4.74 Å². The number of hydrogen-bond donors (Lipinski definition) is 0. The molecule has 1 nitrogen and oxygen atoms in total. The Balaban J connectivity index is 2.05. The first kappa shape index (κ1) is 17.1. The van der Waals surface area contributed by atoms with Gasteiger partial charge in [0.1, 0.15) is 5.75 Å². The van der Waals surface area contributed by atoms with Crippen molar-refractivity contribution in [3.63, 3.8) is 0 Å². The standard InChI is InChI=1S/C21H32O/c1-5-6-7-9-18-10-8-11-19(18)15-22-21-14-17(4)12-13-20(21)16(2)3/h12-16,18H,5-11H2,1-4H3/b19-15+. The van der Waals surface area contributed by atoms with Crippen LogP contribution in [-0.4, -0.2) is 0 Å². The Morgan fingerprint density at radius 1 is 1.27 bits per heavy atom. The minimum absolute atomic E-state index is 0.498. The van der Waals surface area contributed by atoms with Crippen LogP contribution in [0.1, 0.15) is 82.8 Å². The van der Waals surface area contributed by atoms with Crippen LogP contribution in [0.2, 0.25) is 0 Å². The Morgan fingerprint density at radius 2 is 2.09 bits per heavy atom. The molecule has 1 heteroatoms. The van der Waals surface area contributed by atoms with E-state index in [1.807, 2.05) is 0 Å². The van der Waals surface area contributed by atoms with E-state index in [1.165, 1.54) is 61.6 Å². The van der Waals surface area contributed by atoms with Crippen LogP contribution in [0.4, 0.5) is 0 Å². The molecule has 1 atom stereocenters. The maximum absolute atomic E-state index is 6.14. The molecule has 1 fully saturated rings. The fraction of sp³-hybridized carbons (Fsp3) is 0.619. The molecule has 1 aromatic rings. The van der Waals surface area contributed by atoms with E-state index < -0.39 is 0 Å². The van der Waals surface area contributed by atoms with Gasteiger partial charge in [-0.25, -0.2) is 0 Å². The van der Waals surface area contributed by atoms with Gasteiger partial charge in [-0.05, 0) is 67.2 Å². The Hall–Kier alpha value is -1.24. The number of allylic oxidation sites excluding steroid dienone is 1. The van der Waals surface area contributed by atoms with Crippen molar-refractivity contribution < 1.29 is 4.74 Å². The summed E-state index contributed by atoms with van der Waals surface area (Å²) in [5.41, 5.74) is 4.11. The highest BCUT2D eigenvalue weighted by Crippen LogP contribution is 2.35. The predicted molar refractivity (Wildman–Crippen MR) is 95.5 cm³/mol. The molecule has 0 N–H and O–H groups in total. The van der Waals surface area contributed by atoms with Crippen LogP contribution in [0.3, 0.4) is 0 Å². The molecule has 0 bridgehead atoms. The van der Waals surface area contributed by atoms with E-state index in [0.29, 0.717) is 5.92 Å². The van der Waals surface area contributed by atoms with Crippen LogP contribution < -0.4 is 4.74 Å². The molecule has 1 unspecified atom stereocenters. The molecular weight excluding hydrogens is 268 g/mol. The van der Waals surface area contributed by atoms with Crippen molar-refractivity contribution in [1.29, 1.82) is 0 Å². The van der Waals surface area contributed by atoms with Crippen molar-refractivity contribution in [3.05, 3.63) is 41.2 Å². The molecule has 0 aliphatic heterocycles. The molecule has 22 heavy (non-hydrogen) atoms. The molecule has 0 spiro atoms. The summed E-state index contributed by atoms with van der Waals surface area (Å²) in [5.74, 6) is 2.30. The summed E-state index contributed by atoms with van der Waals surface area (Å²) in [7, 11) is 0. The van der Waals surface area contributed by atoms with E-state index in [1.54, 1.807) is 0 Å². The maximum Gasteiger partial charge on any atom is 0.130 e. The third-order valence-electron chi connectivity index (χ3n) is 4.83. The summed E-state index contributed by atoms with van der Waals surface area (Å²) < 4.78 is 6.14. The van der Waals surface area contributed by atoms with E-state index >= 15 is 0 Å². The largest absolute Gasteiger partial charge is 0.465 e. The highest BCUT2D eigenvalue weighted by Gasteiger charge is 2.21. The summed E-state index contributed by atoms with van der Waals surface area (Å²) in [6.07, 6.45) is 11.3. The first-order valence-electron chi connectivity index (χ1n) is 9.08. The number of hydrogen-bond acceptors (Lipinski definition) is 1. The molecule has 2 rings (SSSR count). The molecule has 1 saturated carbocycles. The lowest BCUT2D eigenvalue weighted by Crippen LogP contribution is -2.00. The van der Waals surface area contributed by atoms with E-state index in [9.17, 15) is 0 Å². The van der Waals surface area contributed by atoms with Gasteiger partial charge in [0.2, 0.25) is 0 Å². The fourth-order valence-electron chi connectivity index (χ4n) is 3.43. The lowest BCUT2D eigenvalue weighted by Gasteiger charge is -2.15. The van der Waals surface area contributed by atoms with E-state index in [-0.39, 0.29) is 0 Å². The molecule has 0 saturated heterocycles. The maximum atomic E-state index is 6.14. The molecule has 0 heterocycles. The second kappa shape index (κ2) is 8.41. The summed E-state index contributed by atoms with van der Waals surface area (Å²) >= 11 is 0. The average molecular weight is 300 g/mol. The van der Waals surface area contributed by atoms with Crippen molar-refractivity contribution in [2.24, 2.45) is 5.92 Å². The SMILES string of the molecule is CCCCCC1CCC/C1=C\Oc1cc(C)ccc1C(C)C. The second-order valence-electron chi connectivity index (χ2n) is 7.09. The third kappa shape index (κ3) is 4.63. The Kier molecular flexibility index (Phi) is 6.54. The second-order valence-corrected chi connectivity index (χ2v) is 7.09. The van der Waals surface area contributed by atoms with E-state index in [2.05, 4.69) is 52.2 Å². The highest BCUT2D eigenvalue weighted by atomic mass is 16.5. The van der Waals surface area contributed by atoms with Gasteiger partial charge >= 0.3 is 0 Å². The molecule has 1 aromatic carbocycles. The molecule has 1 aliphatic carbocycles. The number of ether oxygens (including phenoxy) is 1. The van der Waals surface area contributed by atoms with Gasteiger partial charge in [0.25, 0.3) is 0 Å². The number of aryl methyl sites for hydroxylation is 1. The molecule has 1 aliphatic rings. The van der Waals surface area contributed by atoms with Crippen LogP contribution in [0.5, 0.6) is 5.75 Å². The molecular formula is C21H32O. The van der Waals surface area contributed by atoms with Gasteiger partial charge in [0.05, 0.1) is 6.26 Å². The van der Waals surface area contributed by atoms with Crippen molar-refractivity contribution in [1.82, 2.24) is 0 Å². The van der Waals surface area contributed by atoms with Gasteiger partial charge in [-0.15, -0.1) is 0 Å². The quantitative estimate of drug-likeness (QED) is 0.399. The Morgan fingerprint density at radius 3 is 2.82 bits per heavy atom. The fourth-order valence-corrected chi connectivity index (χ4v) is 3.43. The number of rotatable bonds is 7. The van der Waals surface area contributed by atoms with Crippen LogP contribution in [0, 0.1) is 12.8 Å². The molecule has 0 aromatic heterocycles.